The molecule has 1 aromatic carbocycles. The van der Waals surface area contributed by atoms with Crippen LogP contribution >= 0.6 is 27.5 Å². The minimum absolute atomic E-state index is 0.0945. The van der Waals surface area contributed by atoms with Crippen molar-refractivity contribution in [3.63, 3.8) is 0 Å². The van der Waals surface area contributed by atoms with Gasteiger partial charge in [0.2, 0.25) is 0 Å². The highest BCUT2D eigenvalue weighted by molar-refractivity contribution is 9.10. The highest BCUT2D eigenvalue weighted by Crippen LogP contribution is 2.28. The molecule has 0 spiro atoms. The molecule has 1 unspecified atom stereocenters. The fourth-order valence-electron chi connectivity index (χ4n) is 1.93. The topological polar surface area (TPSA) is 43.8 Å². The first-order valence-electron chi connectivity index (χ1n) is 5.96. The second-order valence-corrected chi connectivity index (χ2v) is 5.51. The van der Waals surface area contributed by atoms with Gasteiger partial charge in [-0.2, -0.15) is 5.10 Å². The van der Waals surface area contributed by atoms with Gasteiger partial charge in [0, 0.05) is 6.54 Å². The third-order valence-electron chi connectivity index (χ3n) is 2.87. The van der Waals surface area contributed by atoms with Crippen LogP contribution in [-0.2, 0) is 6.54 Å². The highest BCUT2D eigenvalue weighted by atomic mass is 79.9. The molecule has 0 saturated carbocycles. The van der Waals surface area contributed by atoms with Gasteiger partial charge in [-0.3, -0.25) is 4.68 Å². The Morgan fingerprint density at radius 2 is 2.26 bits per heavy atom. The molecule has 1 atom stereocenters. The van der Waals surface area contributed by atoms with Crippen molar-refractivity contribution >= 4 is 27.5 Å². The summed E-state index contributed by atoms with van der Waals surface area (Å²) in [6.07, 6.45) is 2.65. The van der Waals surface area contributed by atoms with Crippen molar-refractivity contribution in [1.29, 1.82) is 0 Å². The fraction of sp³-hybridized carbons (Fsp3) is 0.308. The molecule has 6 heteroatoms. The van der Waals surface area contributed by atoms with Crippen molar-refractivity contribution < 1.29 is 4.39 Å². The van der Waals surface area contributed by atoms with Crippen LogP contribution in [0.25, 0.3) is 0 Å². The average Bonchev–Trinajstić information content (AvgIpc) is 2.74. The molecule has 0 radical (unpaired) electrons. The van der Waals surface area contributed by atoms with Gasteiger partial charge in [-0.05, 0) is 40.0 Å². The lowest BCUT2D eigenvalue weighted by molar-refractivity contribution is 0.557. The van der Waals surface area contributed by atoms with Gasteiger partial charge in [0.05, 0.1) is 27.4 Å². The van der Waals surface area contributed by atoms with Gasteiger partial charge in [-0.25, -0.2) is 4.39 Å². The summed E-state index contributed by atoms with van der Waals surface area (Å²) in [5, 5.41) is 4.36. The maximum absolute atomic E-state index is 13.5. The number of hydrogen-bond acceptors (Lipinski definition) is 2. The Morgan fingerprint density at radius 1 is 1.53 bits per heavy atom. The van der Waals surface area contributed by atoms with Crippen molar-refractivity contribution in [2.75, 3.05) is 0 Å². The van der Waals surface area contributed by atoms with E-state index in [1.54, 1.807) is 12.3 Å². The summed E-state index contributed by atoms with van der Waals surface area (Å²) in [6, 6.07) is 4.16. The summed E-state index contributed by atoms with van der Waals surface area (Å²) in [7, 11) is 0. The van der Waals surface area contributed by atoms with E-state index in [9.17, 15) is 4.39 Å². The van der Waals surface area contributed by atoms with Gasteiger partial charge in [-0.1, -0.05) is 24.6 Å². The Balaban J connectivity index is 2.40. The Bertz CT molecular complexity index is 585. The number of aryl methyl sites for hydroxylation is 1. The first-order valence-corrected chi connectivity index (χ1v) is 7.13. The van der Waals surface area contributed by atoms with Crippen LogP contribution in [0.1, 0.15) is 30.6 Å². The summed E-state index contributed by atoms with van der Waals surface area (Å²) >= 11 is 9.11. The van der Waals surface area contributed by atoms with Gasteiger partial charge in [0.15, 0.2) is 0 Å². The third-order valence-corrected chi connectivity index (χ3v) is 3.78. The van der Waals surface area contributed by atoms with Crippen LogP contribution in [0.15, 0.2) is 28.9 Å². The molecule has 2 aromatic rings. The molecule has 2 N–H and O–H groups in total. The minimum atomic E-state index is -0.465. The van der Waals surface area contributed by atoms with Crippen molar-refractivity contribution in [2.24, 2.45) is 5.73 Å². The van der Waals surface area contributed by atoms with Gasteiger partial charge < -0.3 is 5.73 Å². The molecule has 0 amide bonds. The van der Waals surface area contributed by atoms with Crippen molar-refractivity contribution in [1.82, 2.24) is 9.78 Å². The van der Waals surface area contributed by atoms with Crippen LogP contribution in [0.5, 0.6) is 0 Å². The summed E-state index contributed by atoms with van der Waals surface area (Å²) in [5.74, 6) is -0.465. The molecule has 102 valence electrons. The Hall–Kier alpha value is -0.910. The lowest BCUT2D eigenvalue weighted by Gasteiger charge is -2.15. The first-order chi connectivity index (χ1) is 9.04. The quantitative estimate of drug-likeness (QED) is 0.912. The number of benzene rings is 1. The maximum Gasteiger partial charge on any atom is 0.142 e. The molecule has 0 saturated heterocycles. The summed E-state index contributed by atoms with van der Waals surface area (Å²) in [6.45, 7) is 2.83. The summed E-state index contributed by atoms with van der Waals surface area (Å²) in [5.41, 5.74) is 7.71. The molecular formula is C13H14BrClFN3. The molecule has 0 aliphatic carbocycles. The molecule has 19 heavy (non-hydrogen) atoms. The van der Waals surface area contributed by atoms with E-state index in [1.807, 2.05) is 4.68 Å². The number of nitrogens with zero attached hydrogens (tertiary/aromatic N) is 2. The fourth-order valence-corrected chi connectivity index (χ4v) is 2.60. The normalized spacial score (nSPS) is 12.7. The van der Waals surface area contributed by atoms with E-state index in [0.717, 1.165) is 23.1 Å². The number of nitrogens with two attached hydrogens (primary N) is 1. The minimum Gasteiger partial charge on any atom is -0.319 e. The zero-order valence-corrected chi connectivity index (χ0v) is 12.7. The van der Waals surface area contributed by atoms with E-state index < -0.39 is 11.9 Å². The van der Waals surface area contributed by atoms with Crippen LogP contribution in [0, 0.1) is 5.82 Å². The van der Waals surface area contributed by atoms with E-state index in [2.05, 4.69) is 28.0 Å². The van der Waals surface area contributed by atoms with Crippen LogP contribution in [-0.4, -0.2) is 9.78 Å². The predicted octanol–water partition coefficient (Wildman–Crippen LogP) is 3.90. The Kier molecular flexibility index (Phi) is 4.60. The summed E-state index contributed by atoms with van der Waals surface area (Å²) < 4.78 is 16.2. The number of halogens is 3. The number of aromatic nitrogens is 2. The second-order valence-electron chi connectivity index (χ2n) is 4.25. The predicted molar refractivity (Wildman–Crippen MR) is 77.7 cm³/mol. The van der Waals surface area contributed by atoms with E-state index in [4.69, 9.17) is 17.3 Å². The maximum atomic E-state index is 13.5. The van der Waals surface area contributed by atoms with Crippen LogP contribution in [0.3, 0.4) is 0 Å². The first kappa shape index (κ1) is 14.5. The number of rotatable bonds is 4. The van der Waals surface area contributed by atoms with Gasteiger partial charge in [0.1, 0.15) is 5.82 Å². The van der Waals surface area contributed by atoms with Crippen LogP contribution < -0.4 is 5.73 Å². The van der Waals surface area contributed by atoms with Crippen molar-refractivity contribution in [2.45, 2.75) is 25.9 Å². The Morgan fingerprint density at radius 3 is 2.89 bits per heavy atom. The van der Waals surface area contributed by atoms with Gasteiger partial charge in [0.25, 0.3) is 0 Å². The van der Waals surface area contributed by atoms with Gasteiger partial charge in [-0.15, -0.1) is 0 Å². The molecule has 2 rings (SSSR count). The average molecular weight is 347 g/mol. The van der Waals surface area contributed by atoms with Crippen molar-refractivity contribution in [3.05, 3.63) is 51.0 Å². The molecular weight excluding hydrogens is 333 g/mol. The standard InChI is InChI=1S/C13H14BrClFN3/c1-2-5-19-13(9(14)7-18-19)12(17)8-3-4-10(15)11(16)6-8/h3-4,6-7,12H,2,5,17H2,1H3. The van der Waals surface area contributed by atoms with E-state index in [-0.39, 0.29) is 5.02 Å². The summed E-state index contributed by atoms with van der Waals surface area (Å²) in [4.78, 5) is 0. The monoisotopic (exact) mass is 345 g/mol. The highest BCUT2D eigenvalue weighted by Gasteiger charge is 2.19. The number of hydrogen-bond donors (Lipinski definition) is 1. The van der Waals surface area contributed by atoms with Crippen LogP contribution in [0.2, 0.25) is 5.02 Å². The van der Waals surface area contributed by atoms with E-state index in [0.29, 0.717) is 5.56 Å². The molecule has 0 aliphatic rings. The SMILES string of the molecule is CCCn1ncc(Br)c1C(N)c1ccc(Cl)c(F)c1. The molecule has 1 heterocycles. The van der Waals surface area contributed by atoms with Crippen LogP contribution in [0.4, 0.5) is 4.39 Å². The van der Waals surface area contributed by atoms with Gasteiger partial charge >= 0.3 is 0 Å². The lowest BCUT2D eigenvalue weighted by atomic mass is 10.0. The molecule has 1 aromatic heterocycles. The van der Waals surface area contributed by atoms with E-state index in [1.165, 1.54) is 12.1 Å². The smallest absolute Gasteiger partial charge is 0.142 e. The zero-order valence-electron chi connectivity index (χ0n) is 10.4. The Labute approximate surface area is 124 Å². The zero-order chi connectivity index (χ0) is 14.0. The second kappa shape index (κ2) is 6.03. The molecule has 0 aliphatic heterocycles. The van der Waals surface area contributed by atoms with E-state index >= 15 is 0 Å². The van der Waals surface area contributed by atoms with Crippen molar-refractivity contribution in [3.8, 4) is 0 Å². The molecule has 3 nitrogen and oxygen atoms in total. The largest absolute Gasteiger partial charge is 0.319 e. The molecule has 0 fully saturated rings. The lowest BCUT2D eigenvalue weighted by Crippen LogP contribution is -2.18. The molecule has 0 bridgehead atoms. The third kappa shape index (κ3) is 2.99.